The van der Waals surface area contributed by atoms with Crippen molar-refractivity contribution in [3.63, 3.8) is 0 Å². The lowest BCUT2D eigenvalue weighted by Crippen LogP contribution is -2.72. The van der Waals surface area contributed by atoms with Crippen LogP contribution >= 0.6 is 0 Å². The fourth-order valence-corrected chi connectivity index (χ4v) is 4.89. The molecule has 1 aliphatic heterocycles. The van der Waals surface area contributed by atoms with Gasteiger partial charge in [0.15, 0.2) is 5.96 Å². The Balaban J connectivity index is 1.27. The SMILES string of the molecule is CCNC(=NCCCOc1ccccc1)NC1C2CCOC2C12CCC2. The Morgan fingerprint density at radius 1 is 1.31 bits per heavy atom. The number of para-hydroxylation sites is 1. The van der Waals surface area contributed by atoms with Crippen molar-refractivity contribution in [1.82, 2.24) is 10.6 Å². The molecule has 1 heterocycles. The van der Waals surface area contributed by atoms with Crippen molar-refractivity contribution in [2.75, 3.05) is 26.3 Å². The number of rotatable bonds is 7. The van der Waals surface area contributed by atoms with Gasteiger partial charge in [-0.2, -0.15) is 0 Å². The highest BCUT2D eigenvalue weighted by molar-refractivity contribution is 5.80. The number of nitrogens with one attached hydrogen (secondary N) is 2. The van der Waals surface area contributed by atoms with E-state index in [-0.39, 0.29) is 0 Å². The van der Waals surface area contributed by atoms with Crippen LogP contribution < -0.4 is 15.4 Å². The molecule has 5 heteroatoms. The number of guanidine groups is 1. The second-order valence-corrected chi connectivity index (χ2v) is 7.73. The third-order valence-corrected chi connectivity index (χ3v) is 6.26. The van der Waals surface area contributed by atoms with E-state index in [0.717, 1.165) is 37.8 Å². The first-order chi connectivity index (χ1) is 12.8. The molecule has 1 spiro atoms. The van der Waals surface area contributed by atoms with Crippen LogP contribution in [0.1, 0.15) is 39.0 Å². The molecular weight excluding hydrogens is 326 g/mol. The summed E-state index contributed by atoms with van der Waals surface area (Å²) in [7, 11) is 0. The van der Waals surface area contributed by atoms with E-state index >= 15 is 0 Å². The highest BCUT2D eigenvalue weighted by atomic mass is 16.5. The number of hydrogen-bond acceptors (Lipinski definition) is 3. The van der Waals surface area contributed by atoms with E-state index in [0.29, 0.717) is 30.1 Å². The Labute approximate surface area is 156 Å². The summed E-state index contributed by atoms with van der Waals surface area (Å²) >= 11 is 0. The second-order valence-electron chi connectivity index (χ2n) is 7.73. The molecule has 1 aromatic rings. The molecule has 2 N–H and O–H groups in total. The smallest absolute Gasteiger partial charge is 0.191 e. The highest BCUT2D eigenvalue weighted by Gasteiger charge is 2.66. The molecule has 3 atom stereocenters. The first kappa shape index (κ1) is 17.7. The first-order valence-corrected chi connectivity index (χ1v) is 10.2. The van der Waals surface area contributed by atoms with Gasteiger partial charge in [-0.3, -0.25) is 4.99 Å². The number of ether oxygens (including phenoxy) is 2. The van der Waals surface area contributed by atoms with Crippen LogP contribution in [-0.2, 0) is 4.74 Å². The van der Waals surface area contributed by atoms with Gasteiger partial charge in [-0.15, -0.1) is 0 Å². The predicted molar refractivity (Wildman–Crippen MR) is 104 cm³/mol. The third kappa shape index (κ3) is 3.29. The number of nitrogens with zero attached hydrogens (tertiary/aromatic N) is 1. The molecule has 26 heavy (non-hydrogen) atoms. The van der Waals surface area contributed by atoms with Crippen molar-refractivity contribution in [2.45, 2.75) is 51.2 Å². The van der Waals surface area contributed by atoms with Crippen LogP contribution in [0.4, 0.5) is 0 Å². The Morgan fingerprint density at radius 3 is 2.88 bits per heavy atom. The molecule has 1 aromatic carbocycles. The molecule has 142 valence electrons. The van der Waals surface area contributed by atoms with Crippen molar-refractivity contribution in [1.29, 1.82) is 0 Å². The molecule has 2 saturated carbocycles. The fraction of sp³-hybridized carbons (Fsp3) is 0.667. The Bertz CT molecular complexity index is 615. The van der Waals surface area contributed by atoms with Crippen LogP contribution in [0.5, 0.6) is 5.75 Å². The van der Waals surface area contributed by atoms with E-state index in [1.54, 1.807) is 0 Å². The quantitative estimate of drug-likeness (QED) is 0.447. The maximum absolute atomic E-state index is 6.02. The van der Waals surface area contributed by atoms with Gasteiger partial charge in [0.1, 0.15) is 5.75 Å². The van der Waals surface area contributed by atoms with E-state index in [1.165, 1.54) is 25.7 Å². The van der Waals surface area contributed by atoms with Crippen LogP contribution in [0.25, 0.3) is 0 Å². The molecule has 5 nitrogen and oxygen atoms in total. The standard InChI is InChI=1S/C21H31N3O2/c1-2-22-20(23-13-7-14-25-16-8-4-3-5-9-16)24-18-17-10-15-26-19(17)21(18)11-6-12-21/h3-5,8-9,17-19H,2,6-7,10-15H2,1H3,(H2,22,23,24). The molecule has 3 fully saturated rings. The fourth-order valence-electron chi connectivity index (χ4n) is 4.89. The zero-order valence-corrected chi connectivity index (χ0v) is 15.7. The van der Waals surface area contributed by atoms with Gasteiger partial charge in [0, 0.05) is 43.5 Å². The largest absolute Gasteiger partial charge is 0.494 e. The molecule has 4 rings (SSSR count). The molecule has 2 aliphatic carbocycles. The average Bonchev–Trinajstić information content (AvgIpc) is 3.04. The maximum atomic E-state index is 6.02. The Morgan fingerprint density at radius 2 is 2.15 bits per heavy atom. The Kier molecular flexibility index (Phi) is 5.34. The van der Waals surface area contributed by atoms with Crippen LogP contribution in [0.15, 0.2) is 35.3 Å². The number of benzene rings is 1. The second kappa shape index (κ2) is 7.87. The Hall–Kier alpha value is -1.75. The van der Waals surface area contributed by atoms with Crippen LogP contribution in [-0.4, -0.2) is 44.4 Å². The zero-order chi connectivity index (χ0) is 17.8. The summed E-state index contributed by atoms with van der Waals surface area (Å²) in [6, 6.07) is 10.5. The van der Waals surface area contributed by atoms with Crippen LogP contribution in [0, 0.1) is 11.3 Å². The highest BCUT2D eigenvalue weighted by Crippen LogP contribution is 2.62. The average molecular weight is 357 g/mol. The molecule has 1 saturated heterocycles. The van der Waals surface area contributed by atoms with E-state index in [2.05, 4.69) is 17.6 Å². The topological polar surface area (TPSA) is 54.9 Å². The van der Waals surface area contributed by atoms with Crippen LogP contribution in [0.2, 0.25) is 0 Å². The summed E-state index contributed by atoms with van der Waals surface area (Å²) in [4.78, 5) is 4.78. The summed E-state index contributed by atoms with van der Waals surface area (Å²) in [6.45, 7) is 5.40. The number of fused-ring (bicyclic) bond motifs is 2. The van der Waals surface area contributed by atoms with Crippen molar-refractivity contribution < 1.29 is 9.47 Å². The van der Waals surface area contributed by atoms with Crippen molar-refractivity contribution in [3.05, 3.63) is 30.3 Å². The monoisotopic (exact) mass is 357 g/mol. The van der Waals surface area contributed by atoms with Crippen molar-refractivity contribution >= 4 is 5.96 Å². The minimum absolute atomic E-state index is 0.383. The van der Waals surface area contributed by atoms with Gasteiger partial charge >= 0.3 is 0 Å². The molecule has 0 radical (unpaired) electrons. The van der Waals surface area contributed by atoms with Gasteiger partial charge in [-0.25, -0.2) is 0 Å². The summed E-state index contributed by atoms with van der Waals surface area (Å²) in [5, 5.41) is 7.16. The van der Waals surface area contributed by atoms with E-state index < -0.39 is 0 Å². The lowest BCUT2D eigenvalue weighted by Gasteiger charge is -2.63. The normalized spacial score (nSPS) is 28.8. The summed E-state index contributed by atoms with van der Waals surface area (Å²) in [5.74, 6) is 2.55. The number of aliphatic imine (C=N–C) groups is 1. The zero-order valence-electron chi connectivity index (χ0n) is 15.7. The molecule has 3 unspecified atom stereocenters. The lowest BCUT2D eigenvalue weighted by molar-refractivity contribution is -0.171. The molecule has 3 aliphatic rings. The molecular formula is C21H31N3O2. The summed E-state index contributed by atoms with van der Waals surface area (Å²) in [6.07, 6.45) is 6.54. The van der Waals surface area contributed by atoms with Crippen LogP contribution in [0.3, 0.4) is 0 Å². The van der Waals surface area contributed by atoms with Gasteiger partial charge in [0.05, 0.1) is 12.7 Å². The van der Waals surface area contributed by atoms with Crippen molar-refractivity contribution in [3.8, 4) is 5.75 Å². The first-order valence-electron chi connectivity index (χ1n) is 10.2. The number of hydrogen-bond donors (Lipinski definition) is 2. The summed E-state index contributed by atoms with van der Waals surface area (Å²) in [5.41, 5.74) is 0.383. The molecule has 0 bridgehead atoms. The lowest BCUT2D eigenvalue weighted by atomic mass is 9.46. The molecule has 0 amide bonds. The summed E-state index contributed by atoms with van der Waals surface area (Å²) < 4.78 is 11.8. The minimum atomic E-state index is 0.383. The van der Waals surface area contributed by atoms with Crippen molar-refractivity contribution in [2.24, 2.45) is 16.3 Å². The molecule has 0 aromatic heterocycles. The van der Waals surface area contributed by atoms with Gasteiger partial charge < -0.3 is 20.1 Å². The maximum Gasteiger partial charge on any atom is 0.191 e. The predicted octanol–water partition coefficient (Wildman–Crippen LogP) is 2.97. The van der Waals surface area contributed by atoms with Gasteiger partial charge in [-0.1, -0.05) is 24.6 Å². The van der Waals surface area contributed by atoms with E-state index in [1.807, 2.05) is 30.3 Å². The van der Waals surface area contributed by atoms with E-state index in [9.17, 15) is 0 Å². The van der Waals surface area contributed by atoms with Gasteiger partial charge in [-0.05, 0) is 38.3 Å². The third-order valence-electron chi connectivity index (χ3n) is 6.26. The van der Waals surface area contributed by atoms with Gasteiger partial charge in [0.2, 0.25) is 0 Å². The minimum Gasteiger partial charge on any atom is -0.494 e. The van der Waals surface area contributed by atoms with Gasteiger partial charge in [0.25, 0.3) is 0 Å². The van der Waals surface area contributed by atoms with E-state index in [4.69, 9.17) is 14.5 Å².